The molecule has 0 radical (unpaired) electrons. The number of hydrogen-bond acceptors (Lipinski definition) is 8. The number of aryl methyl sites for hydroxylation is 1. The Morgan fingerprint density at radius 1 is 1.21 bits per heavy atom. The van der Waals surface area contributed by atoms with Crippen LogP contribution in [0.4, 0.5) is 11.5 Å². The van der Waals surface area contributed by atoms with E-state index in [1.165, 1.54) is 28.9 Å². The van der Waals surface area contributed by atoms with Crippen molar-refractivity contribution >= 4 is 56.7 Å². The zero-order chi connectivity index (χ0) is 23.3. The van der Waals surface area contributed by atoms with E-state index < -0.39 is 0 Å². The summed E-state index contributed by atoms with van der Waals surface area (Å²) in [6.07, 6.45) is 9.73. The first kappa shape index (κ1) is 23.4. The number of nitrogens with one attached hydrogen (secondary N) is 1. The summed E-state index contributed by atoms with van der Waals surface area (Å²) in [4.78, 5) is 15.9. The molecule has 4 aromatic rings. The van der Waals surface area contributed by atoms with Gasteiger partial charge in [0.25, 0.3) is 0 Å². The van der Waals surface area contributed by atoms with Crippen LogP contribution in [0.15, 0.2) is 48.9 Å². The Hall–Kier alpha value is -2.39. The van der Waals surface area contributed by atoms with Crippen LogP contribution in [0.2, 0.25) is 5.02 Å². The molecule has 6 nitrogen and oxygen atoms in total. The minimum atomic E-state index is 0.366. The molecule has 176 valence electrons. The third-order valence-electron chi connectivity index (χ3n) is 5.97. The Labute approximate surface area is 212 Å². The van der Waals surface area contributed by atoms with E-state index in [9.17, 15) is 0 Å². The van der Waals surface area contributed by atoms with Gasteiger partial charge in [-0.25, -0.2) is 9.97 Å². The fourth-order valence-corrected chi connectivity index (χ4v) is 6.08. The second-order valence-corrected chi connectivity index (χ2v) is 10.2. The van der Waals surface area contributed by atoms with Gasteiger partial charge in [0.15, 0.2) is 0 Å². The fraction of sp³-hybridized carbons (Fsp3) is 0.320. The van der Waals surface area contributed by atoms with Gasteiger partial charge in [0.05, 0.1) is 22.7 Å². The summed E-state index contributed by atoms with van der Waals surface area (Å²) >= 11 is 9.74. The van der Waals surface area contributed by atoms with E-state index in [0.29, 0.717) is 23.3 Å². The monoisotopic (exact) mass is 512 g/mol. The van der Waals surface area contributed by atoms with Crippen molar-refractivity contribution in [2.75, 3.05) is 18.2 Å². The fourth-order valence-electron chi connectivity index (χ4n) is 4.29. The summed E-state index contributed by atoms with van der Waals surface area (Å²) in [6, 6.07) is 11.4. The first-order chi connectivity index (χ1) is 16.7. The Bertz CT molecular complexity index is 1270. The predicted octanol–water partition coefficient (Wildman–Crippen LogP) is 6.85. The second-order valence-electron chi connectivity index (χ2n) is 8.17. The van der Waals surface area contributed by atoms with E-state index in [1.807, 2.05) is 42.7 Å². The molecule has 0 fully saturated rings. The number of rotatable bonds is 9. The number of ether oxygens (including phenoxy) is 1. The maximum atomic E-state index is 6.51. The van der Waals surface area contributed by atoms with Gasteiger partial charge in [-0.15, -0.1) is 11.3 Å². The zero-order valence-electron chi connectivity index (χ0n) is 18.8. The number of halogens is 1. The maximum absolute atomic E-state index is 6.51. The lowest BCUT2D eigenvalue weighted by Crippen LogP contribution is -2.14. The molecule has 0 saturated heterocycles. The number of benzene rings is 1. The molecule has 9 heteroatoms. The van der Waals surface area contributed by atoms with Gasteiger partial charge in [-0.2, -0.15) is 0 Å². The molecule has 1 N–H and O–H groups in total. The first-order valence-corrected chi connectivity index (χ1v) is 13.6. The van der Waals surface area contributed by atoms with Crippen LogP contribution < -0.4 is 10.1 Å². The molecule has 3 heterocycles. The average Bonchev–Trinajstić information content (AvgIpc) is 3.23. The minimum absolute atomic E-state index is 0.366. The molecule has 0 spiro atoms. The van der Waals surface area contributed by atoms with Gasteiger partial charge in [-0.1, -0.05) is 17.7 Å². The average molecular weight is 513 g/mol. The van der Waals surface area contributed by atoms with Crippen LogP contribution in [0, 0.1) is 5.92 Å². The largest absolute Gasteiger partial charge is 0.486 e. The van der Waals surface area contributed by atoms with Gasteiger partial charge in [0, 0.05) is 23.0 Å². The standard InChI is InChI=1S/C25H25ClN4O2S2/c1-33-32-11-9-16-5-7-19-22(12-16)34-25-23(19)24(28-15-29-25)30-17-6-8-21(20(26)13-17)31-14-18-4-2-3-10-27-18/h2-4,6,8,10,13,15-16H,5,7,9,11-12,14H2,1H3,(H,28,29,30). The van der Waals surface area contributed by atoms with Crippen LogP contribution in [-0.4, -0.2) is 27.8 Å². The van der Waals surface area contributed by atoms with Crippen LogP contribution in [0.1, 0.15) is 29.0 Å². The summed E-state index contributed by atoms with van der Waals surface area (Å²) in [5.41, 5.74) is 3.09. The normalized spacial score (nSPS) is 15.3. The summed E-state index contributed by atoms with van der Waals surface area (Å²) in [5.74, 6) is 2.11. The lowest BCUT2D eigenvalue weighted by molar-refractivity contribution is 0.301. The smallest absolute Gasteiger partial charge is 0.142 e. The molecule has 0 amide bonds. The van der Waals surface area contributed by atoms with Crippen LogP contribution in [0.25, 0.3) is 10.2 Å². The molecule has 5 rings (SSSR count). The van der Waals surface area contributed by atoms with Gasteiger partial charge >= 0.3 is 0 Å². The van der Waals surface area contributed by atoms with E-state index in [0.717, 1.165) is 53.3 Å². The number of thiophene rings is 1. The molecule has 34 heavy (non-hydrogen) atoms. The van der Waals surface area contributed by atoms with Crippen LogP contribution in [-0.2, 0) is 23.6 Å². The van der Waals surface area contributed by atoms with Crippen molar-refractivity contribution in [1.82, 2.24) is 15.0 Å². The quantitative estimate of drug-likeness (QED) is 0.194. The maximum Gasteiger partial charge on any atom is 0.142 e. The molecule has 1 aliphatic rings. The van der Waals surface area contributed by atoms with E-state index in [2.05, 4.69) is 20.3 Å². The molecule has 1 aromatic carbocycles. The first-order valence-electron chi connectivity index (χ1n) is 11.2. The van der Waals surface area contributed by atoms with Crippen LogP contribution >= 0.6 is 35.0 Å². The molecular weight excluding hydrogens is 488 g/mol. The van der Waals surface area contributed by atoms with E-state index >= 15 is 0 Å². The zero-order valence-corrected chi connectivity index (χ0v) is 21.2. The number of aromatic nitrogens is 3. The third-order valence-corrected chi connectivity index (χ3v) is 7.83. The molecule has 0 saturated carbocycles. The predicted molar refractivity (Wildman–Crippen MR) is 140 cm³/mol. The molecular formula is C25H25ClN4O2S2. The number of hydrogen-bond donors (Lipinski definition) is 1. The summed E-state index contributed by atoms with van der Waals surface area (Å²) in [7, 11) is 0. The Balaban J connectivity index is 1.32. The lowest BCUT2D eigenvalue weighted by atomic mass is 9.86. The van der Waals surface area contributed by atoms with Crippen molar-refractivity contribution in [3.05, 3.63) is 70.1 Å². The van der Waals surface area contributed by atoms with Crippen molar-refractivity contribution in [2.24, 2.45) is 5.92 Å². The Morgan fingerprint density at radius 2 is 2.15 bits per heavy atom. The Morgan fingerprint density at radius 3 is 2.97 bits per heavy atom. The molecule has 1 atom stereocenters. The number of fused-ring (bicyclic) bond motifs is 3. The van der Waals surface area contributed by atoms with Gasteiger partial charge in [-0.05, 0) is 79.5 Å². The van der Waals surface area contributed by atoms with E-state index in [1.54, 1.807) is 23.9 Å². The van der Waals surface area contributed by atoms with Gasteiger partial charge in [-0.3, -0.25) is 4.98 Å². The number of pyridine rings is 1. The Kier molecular flexibility index (Phi) is 7.49. The van der Waals surface area contributed by atoms with Crippen molar-refractivity contribution < 1.29 is 8.92 Å². The highest BCUT2D eigenvalue weighted by Gasteiger charge is 2.25. The van der Waals surface area contributed by atoms with Crippen molar-refractivity contribution in [2.45, 2.75) is 32.3 Å². The van der Waals surface area contributed by atoms with Crippen molar-refractivity contribution in [3.63, 3.8) is 0 Å². The summed E-state index contributed by atoms with van der Waals surface area (Å²) in [6.45, 7) is 1.17. The highest BCUT2D eigenvalue weighted by atomic mass is 35.5. The topological polar surface area (TPSA) is 69.2 Å². The number of nitrogens with zero attached hydrogens (tertiary/aromatic N) is 3. The van der Waals surface area contributed by atoms with Gasteiger partial charge in [0.2, 0.25) is 0 Å². The van der Waals surface area contributed by atoms with Crippen molar-refractivity contribution in [3.8, 4) is 5.75 Å². The summed E-state index contributed by atoms with van der Waals surface area (Å²) in [5, 5.41) is 5.13. The van der Waals surface area contributed by atoms with Gasteiger partial charge in [0.1, 0.15) is 29.3 Å². The molecule has 1 aliphatic carbocycles. The molecule has 0 bridgehead atoms. The third kappa shape index (κ3) is 5.30. The number of anilines is 2. The minimum Gasteiger partial charge on any atom is -0.486 e. The highest BCUT2D eigenvalue weighted by molar-refractivity contribution is 7.93. The van der Waals surface area contributed by atoms with Gasteiger partial charge < -0.3 is 14.2 Å². The van der Waals surface area contributed by atoms with Crippen LogP contribution in [0.5, 0.6) is 5.75 Å². The highest BCUT2D eigenvalue weighted by Crippen LogP contribution is 2.41. The summed E-state index contributed by atoms with van der Waals surface area (Å²) < 4.78 is 11.3. The van der Waals surface area contributed by atoms with E-state index in [-0.39, 0.29) is 0 Å². The molecule has 0 aliphatic heterocycles. The van der Waals surface area contributed by atoms with Crippen molar-refractivity contribution in [1.29, 1.82) is 0 Å². The molecule has 1 unspecified atom stereocenters. The van der Waals surface area contributed by atoms with Crippen LogP contribution in [0.3, 0.4) is 0 Å². The van der Waals surface area contributed by atoms with E-state index in [4.69, 9.17) is 20.5 Å². The second kappa shape index (κ2) is 10.9. The SMILES string of the molecule is CSOCCC1CCc2c(sc3ncnc(Nc4ccc(OCc5ccccn5)c(Cl)c4)c23)C1. The lowest BCUT2D eigenvalue weighted by Gasteiger charge is -2.22. The molecule has 3 aromatic heterocycles.